The number of anilines is 1. The lowest BCUT2D eigenvalue weighted by atomic mass is 10.2. The lowest BCUT2D eigenvalue weighted by molar-refractivity contribution is 0.272. The first-order chi connectivity index (χ1) is 9.92. The van der Waals surface area contributed by atoms with Gasteiger partial charge in [-0.05, 0) is 17.7 Å². The average Bonchev–Trinajstić information content (AvgIpc) is 2.55. The van der Waals surface area contributed by atoms with Gasteiger partial charge >= 0.3 is 0 Å². The lowest BCUT2D eigenvalue weighted by Gasteiger charge is -2.34. The van der Waals surface area contributed by atoms with Gasteiger partial charge in [0.1, 0.15) is 0 Å². The summed E-state index contributed by atoms with van der Waals surface area (Å²) in [4.78, 5) is 2.41. The molecule has 1 saturated heterocycles. The fourth-order valence-corrected chi connectivity index (χ4v) is 2.40. The third-order valence-corrected chi connectivity index (χ3v) is 3.55. The van der Waals surface area contributed by atoms with E-state index in [4.69, 9.17) is 0 Å². The summed E-state index contributed by atoms with van der Waals surface area (Å²) in [6.07, 6.45) is 1.94. The molecule has 1 fully saturated rings. The molecule has 102 valence electrons. The standard InChI is InChI=1S/C17H19N3/c1-3-7-16(8-4-1)15-18-20-13-11-19(12-14-20)17-9-5-2-6-10-17/h1-10,15H,11-14H2. The quantitative estimate of drug-likeness (QED) is 0.795. The molecule has 3 nitrogen and oxygen atoms in total. The van der Waals surface area contributed by atoms with Crippen molar-refractivity contribution in [3.63, 3.8) is 0 Å². The zero-order valence-corrected chi connectivity index (χ0v) is 11.5. The highest BCUT2D eigenvalue weighted by molar-refractivity contribution is 5.79. The maximum absolute atomic E-state index is 4.56. The summed E-state index contributed by atoms with van der Waals surface area (Å²) < 4.78 is 0. The second-order valence-electron chi connectivity index (χ2n) is 4.93. The van der Waals surface area contributed by atoms with Crippen molar-refractivity contribution in [1.82, 2.24) is 5.01 Å². The molecule has 0 aliphatic carbocycles. The predicted molar refractivity (Wildman–Crippen MR) is 84.3 cm³/mol. The Kier molecular flexibility index (Phi) is 3.97. The van der Waals surface area contributed by atoms with Crippen LogP contribution >= 0.6 is 0 Å². The third-order valence-electron chi connectivity index (χ3n) is 3.55. The van der Waals surface area contributed by atoms with E-state index in [1.807, 2.05) is 24.4 Å². The number of hydrogen-bond acceptors (Lipinski definition) is 3. The Labute approximate surface area is 120 Å². The van der Waals surface area contributed by atoms with Crippen LogP contribution in [0.15, 0.2) is 65.8 Å². The largest absolute Gasteiger partial charge is 0.368 e. The summed E-state index contributed by atoms with van der Waals surface area (Å²) in [5.41, 5.74) is 2.46. The molecule has 0 atom stereocenters. The van der Waals surface area contributed by atoms with Crippen LogP contribution in [0.2, 0.25) is 0 Å². The predicted octanol–water partition coefficient (Wildman–Crippen LogP) is 2.84. The minimum absolute atomic E-state index is 0.970. The van der Waals surface area contributed by atoms with Crippen LogP contribution in [0, 0.1) is 0 Å². The van der Waals surface area contributed by atoms with Crippen LogP contribution in [0.25, 0.3) is 0 Å². The van der Waals surface area contributed by atoms with Gasteiger partial charge in [-0.15, -0.1) is 0 Å². The monoisotopic (exact) mass is 265 g/mol. The number of rotatable bonds is 3. The van der Waals surface area contributed by atoms with E-state index in [2.05, 4.69) is 57.5 Å². The number of piperazine rings is 1. The SMILES string of the molecule is C(=NN1CCN(c2ccccc2)CC1)c1ccccc1. The summed E-state index contributed by atoms with van der Waals surface area (Å²) in [6, 6.07) is 20.8. The van der Waals surface area contributed by atoms with Crippen molar-refractivity contribution in [2.45, 2.75) is 0 Å². The highest BCUT2D eigenvalue weighted by atomic mass is 15.5. The van der Waals surface area contributed by atoms with E-state index in [-0.39, 0.29) is 0 Å². The minimum Gasteiger partial charge on any atom is -0.368 e. The third kappa shape index (κ3) is 3.18. The molecule has 3 rings (SSSR count). The fourth-order valence-electron chi connectivity index (χ4n) is 2.40. The van der Waals surface area contributed by atoms with Crippen molar-refractivity contribution in [1.29, 1.82) is 0 Å². The summed E-state index contributed by atoms with van der Waals surface area (Å²) in [6.45, 7) is 3.99. The van der Waals surface area contributed by atoms with E-state index in [0.717, 1.165) is 31.7 Å². The van der Waals surface area contributed by atoms with E-state index >= 15 is 0 Å². The number of para-hydroxylation sites is 1. The Bertz CT molecular complexity index is 543. The molecule has 1 aliphatic heterocycles. The molecule has 0 bridgehead atoms. The number of hydrazone groups is 1. The maximum Gasteiger partial charge on any atom is 0.0542 e. The molecule has 0 radical (unpaired) electrons. The lowest BCUT2D eigenvalue weighted by Crippen LogP contribution is -2.44. The molecule has 0 aromatic heterocycles. The number of nitrogens with zero attached hydrogens (tertiary/aromatic N) is 3. The van der Waals surface area contributed by atoms with Gasteiger partial charge in [0, 0.05) is 18.8 Å². The Morgan fingerprint density at radius 3 is 2.00 bits per heavy atom. The molecule has 1 aliphatic rings. The van der Waals surface area contributed by atoms with E-state index in [1.165, 1.54) is 5.69 Å². The Morgan fingerprint density at radius 2 is 1.35 bits per heavy atom. The first kappa shape index (κ1) is 12.7. The van der Waals surface area contributed by atoms with Crippen LogP contribution < -0.4 is 4.90 Å². The van der Waals surface area contributed by atoms with Crippen LogP contribution in [0.1, 0.15) is 5.56 Å². The van der Waals surface area contributed by atoms with E-state index in [9.17, 15) is 0 Å². The molecular formula is C17H19N3. The Balaban J connectivity index is 1.55. The fraction of sp³-hybridized carbons (Fsp3) is 0.235. The molecular weight excluding hydrogens is 246 g/mol. The van der Waals surface area contributed by atoms with Crippen molar-refractivity contribution >= 4 is 11.9 Å². The Morgan fingerprint density at radius 1 is 0.750 bits per heavy atom. The first-order valence-electron chi connectivity index (χ1n) is 7.06. The smallest absolute Gasteiger partial charge is 0.0542 e. The maximum atomic E-state index is 4.56. The van der Waals surface area contributed by atoms with Gasteiger partial charge < -0.3 is 4.90 Å². The molecule has 2 aromatic carbocycles. The van der Waals surface area contributed by atoms with Crippen molar-refractivity contribution in [2.24, 2.45) is 5.10 Å². The van der Waals surface area contributed by atoms with Gasteiger partial charge in [0.05, 0.1) is 19.3 Å². The molecule has 1 heterocycles. The summed E-state index contributed by atoms with van der Waals surface area (Å²) >= 11 is 0. The molecule has 0 N–H and O–H groups in total. The number of hydrogen-bond donors (Lipinski definition) is 0. The zero-order chi connectivity index (χ0) is 13.6. The number of benzene rings is 2. The molecule has 0 unspecified atom stereocenters. The zero-order valence-electron chi connectivity index (χ0n) is 11.5. The van der Waals surface area contributed by atoms with Crippen LogP contribution in [0.3, 0.4) is 0 Å². The van der Waals surface area contributed by atoms with Gasteiger partial charge in [-0.1, -0.05) is 48.5 Å². The second-order valence-corrected chi connectivity index (χ2v) is 4.93. The van der Waals surface area contributed by atoms with Crippen LogP contribution in [0.5, 0.6) is 0 Å². The van der Waals surface area contributed by atoms with Crippen LogP contribution in [0.4, 0.5) is 5.69 Å². The molecule has 0 spiro atoms. The molecule has 2 aromatic rings. The van der Waals surface area contributed by atoms with Crippen molar-refractivity contribution in [3.8, 4) is 0 Å². The second kappa shape index (κ2) is 6.24. The van der Waals surface area contributed by atoms with Gasteiger partial charge in [-0.25, -0.2) is 0 Å². The van der Waals surface area contributed by atoms with Crippen LogP contribution in [-0.4, -0.2) is 37.4 Å². The molecule has 0 saturated carbocycles. The summed E-state index contributed by atoms with van der Waals surface area (Å²) in [5.74, 6) is 0. The van der Waals surface area contributed by atoms with Gasteiger partial charge in [-0.2, -0.15) is 5.10 Å². The van der Waals surface area contributed by atoms with E-state index in [1.54, 1.807) is 0 Å². The first-order valence-corrected chi connectivity index (χ1v) is 7.06. The van der Waals surface area contributed by atoms with Crippen molar-refractivity contribution in [3.05, 3.63) is 66.2 Å². The molecule has 3 heteroatoms. The van der Waals surface area contributed by atoms with Gasteiger partial charge in [0.2, 0.25) is 0 Å². The van der Waals surface area contributed by atoms with Crippen molar-refractivity contribution in [2.75, 3.05) is 31.1 Å². The average molecular weight is 265 g/mol. The normalized spacial score (nSPS) is 15.8. The van der Waals surface area contributed by atoms with Gasteiger partial charge in [0.15, 0.2) is 0 Å². The summed E-state index contributed by atoms with van der Waals surface area (Å²) in [7, 11) is 0. The highest BCUT2D eigenvalue weighted by Gasteiger charge is 2.15. The van der Waals surface area contributed by atoms with E-state index in [0.29, 0.717) is 0 Å². The molecule has 0 amide bonds. The minimum atomic E-state index is 0.970. The van der Waals surface area contributed by atoms with Gasteiger partial charge in [0.25, 0.3) is 0 Å². The van der Waals surface area contributed by atoms with Gasteiger partial charge in [-0.3, -0.25) is 5.01 Å². The van der Waals surface area contributed by atoms with E-state index < -0.39 is 0 Å². The van der Waals surface area contributed by atoms with Crippen molar-refractivity contribution < 1.29 is 0 Å². The van der Waals surface area contributed by atoms with Crippen LogP contribution in [-0.2, 0) is 0 Å². The Hall–Kier alpha value is -2.29. The summed E-state index contributed by atoms with van der Waals surface area (Å²) in [5, 5.41) is 6.71. The topological polar surface area (TPSA) is 18.8 Å². The molecule has 20 heavy (non-hydrogen) atoms. The highest BCUT2D eigenvalue weighted by Crippen LogP contribution is 2.15.